The number of nitrogens with zero attached hydrogens (tertiary/aromatic N) is 3. The van der Waals surface area contributed by atoms with E-state index in [0.717, 1.165) is 45.0 Å². The normalized spacial score (nSPS) is 16.3. The number of amides is 3. The highest BCUT2D eigenvalue weighted by molar-refractivity contribution is 5.99. The average molecular weight is 541 g/mol. The Morgan fingerprint density at radius 3 is 1.95 bits per heavy atom. The Hall–Kier alpha value is -3.88. The summed E-state index contributed by atoms with van der Waals surface area (Å²) in [5.74, 6) is -0.00116. The first kappa shape index (κ1) is 27.7. The van der Waals surface area contributed by atoms with Gasteiger partial charge in [0, 0.05) is 64.0 Å². The molecule has 210 valence electrons. The predicted octanol–water partition coefficient (Wildman–Crippen LogP) is 4.17. The van der Waals surface area contributed by atoms with Crippen molar-refractivity contribution < 1.29 is 9.59 Å². The monoisotopic (exact) mass is 540 g/mol. The summed E-state index contributed by atoms with van der Waals surface area (Å²) >= 11 is 0. The molecule has 3 aromatic carbocycles. The molecule has 5 rings (SSSR count). The number of nitrogens with one attached hydrogen (secondary N) is 3. The summed E-state index contributed by atoms with van der Waals surface area (Å²) in [6.07, 6.45) is 0. The summed E-state index contributed by atoms with van der Waals surface area (Å²) in [4.78, 5) is 32.7. The van der Waals surface area contributed by atoms with Crippen LogP contribution in [0.2, 0.25) is 0 Å². The minimum Gasteiger partial charge on any atom is -0.367 e. The average Bonchev–Trinajstić information content (AvgIpc) is 2.98. The second kappa shape index (κ2) is 13.0. The molecule has 0 radical (unpaired) electrons. The van der Waals surface area contributed by atoms with E-state index in [1.54, 1.807) is 0 Å². The lowest BCUT2D eigenvalue weighted by molar-refractivity contribution is 0.0736. The number of benzene rings is 3. The Balaban J connectivity index is 1.36. The lowest BCUT2D eigenvalue weighted by Crippen LogP contribution is -2.48. The number of hydrogen-bond donors (Lipinski definition) is 3. The van der Waals surface area contributed by atoms with Gasteiger partial charge in [0.1, 0.15) is 0 Å². The highest BCUT2D eigenvalue weighted by atomic mass is 16.2. The van der Waals surface area contributed by atoms with Crippen LogP contribution in [0.5, 0.6) is 0 Å². The van der Waals surface area contributed by atoms with Crippen molar-refractivity contribution in [2.24, 2.45) is 0 Å². The van der Waals surface area contributed by atoms with Crippen molar-refractivity contribution >= 4 is 23.3 Å². The molecular weight excluding hydrogens is 500 g/mol. The van der Waals surface area contributed by atoms with Gasteiger partial charge in [0.05, 0.1) is 17.4 Å². The second-order valence-electron chi connectivity index (χ2n) is 10.8. The smallest absolute Gasteiger partial charge is 0.319 e. The molecule has 2 aliphatic rings. The van der Waals surface area contributed by atoms with E-state index in [1.807, 2.05) is 36.9 Å². The molecule has 0 aliphatic carbocycles. The van der Waals surface area contributed by atoms with Gasteiger partial charge in [-0.05, 0) is 43.2 Å². The van der Waals surface area contributed by atoms with Crippen LogP contribution in [0, 0.1) is 0 Å². The van der Waals surface area contributed by atoms with Crippen LogP contribution in [0.3, 0.4) is 0 Å². The minimum absolute atomic E-state index is 0.00116. The maximum Gasteiger partial charge on any atom is 0.319 e. The first-order valence-corrected chi connectivity index (χ1v) is 14.3. The fourth-order valence-electron chi connectivity index (χ4n) is 5.62. The Morgan fingerprint density at radius 2 is 1.38 bits per heavy atom. The van der Waals surface area contributed by atoms with Crippen LogP contribution in [0.4, 0.5) is 16.2 Å². The number of anilines is 2. The van der Waals surface area contributed by atoms with Crippen LogP contribution < -0.4 is 20.9 Å². The maximum absolute atomic E-state index is 13.2. The van der Waals surface area contributed by atoms with Gasteiger partial charge in [-0.2, -0.15) is 0 Å². The van der Waals surface area contributed by atoms with Crippen molar-refractivity contribution in [2.45, 2.75) is 25.9 Å². The number of rotatable bonds is 7. The molecule has 0 aromatic heterocycles. The minimum atomic E-state index is -0.269. The van der Waals surface area contributed by atoms with Gasteiger partial charge in [0.2, 0.25) is 0 Å². The third kappa shape index (κ3) is 6.63. The summed E-state index contributed by atoms with van der Waals surface area (Å²) in [5.41, 5.74) is 4.76. The maximum atomic E-state index is 13.2. The summed E-state index contributed by atoms with van der Waals surface area (Å²) in [6, 6.07) is 27.0. The summed E-state index contributed by atoms with van der Waals surface area (Å²) in [5, 5.41) is 9.24. The molecule has 2 saturated heterocycles. The number of carbonyl (C=O) groups excluding carboxylic acids is 2. The molecule has 0 unspecified atom stereocenters. The molecular formula is C32H40N6O2. The van der Waals surface area contributed by atoms with E-state index in [2.05, 4.69) is 86.4 Å². The van der Waals surface area contributed by atoms with Gasteiger partial charge < -0.3 is 25.8 Å². The van der Waals surface area contributed by atoms with Crippen molar-refractivity contribution in [1.82, 2.24) is 20.4 Å². The van der Waals surface area contributed by atoms with Gasteiger partial charge in [0.25, 0.3) is 5.91 Å². The van der Waals surface area contributed by atoms with Crippen molar-refractivity contribution in [3.63, 3.8) is 0 Å². The van der Waals surface area contributed by atoms with Crippen molar-refractivity contribution in [2.75, 3.05) is 62.6 Å². The van der Waals surface area contributed by atoms with E-state index in [0.29, 0.717) is 24.3 Å². The van der Waals surface area contributed by atoms with Gasteiger partial charge in [-0.15, -0.1) is 0 Å². The lowest BCUT2D eigenvalue weighted by atomic mass is 9.96. The number of urea groups is 1. The Bertz CT molecular complexity index is 1230. The van der Waals surface area contributed by atoms with Gasteiger partial charge in [-0.25, -0.2) is 4.79 Å². The van der Waals surface area contributed by atoms with E-state index in [9.17, 15) is 9.59 Å². The first-order valence-electron chi connectivity index (χ1n) is 14.3. The fourth-order valence-corrected chi connectivity index (χ4v) is 5.62. The zero-order chi connectivity index (χ0) is 27.9. The van der Waals surface area contributed by atoms with E-state index in [1.165, 1.54) is 11.1 Å². The topological polar surface area (TPSA) is 79.9 Å². The SMILES string of the molecule is CC(C)NC(=O)Nc1cc(C(=O)N2CCNCC2)ccc1N1CCN(C(c2ccccc2)c2ccccc2)CC1. The zero-order valence-corrected chi connectivity index (χ0v) is 23.5. The lowest BCUT2D eigenvalue weighted by Gasteiger charge is -2.41. The molecule has 0 saturated carbocycles. The van der Waals surface area contributed by atoms with Crippen LogP contribution in [-0.2, 0) is 0 Å². The van der Waals surface area contributed by atoms with Crippen molar-refractivity contribution in [3.8, 4) is 0 Å². The number of piperazine rings is 2. The molecule has 0 spiro atoms. The highest BCUT2D eigenvalue weighted by Gasteiger charge is 2.28. The van der Waals surface area contributed by atoms with Gasteiger partial charge in [0.15, 0.2) is 0 Å². The molecule has 2 aliphatic heterocycles. The molecule has 0 atom stereocenters. The van der Waals surface area contributed by atoms with Gasteiger partial charge >= 0.3 is 6.03 Å². The van der Waals surface area contributed by atoms with Crippen LogP contribution in [-0.4, -0.2) is 80.1 Å². The highest BCUT2D eigenvalue weighted by Crippen LogP contribution is 2.33. The van der Waals surface area contributed by atoms with Gasteiger partial charge in [-0.1, -0.05) is 60.7 Å². The third-order valence-electron chi connectivity index (χ3n) is 7.57. The molecule has 8 heteroatoms. The predicted molar refractivity (Wildman–Crippen MR) is 161 cm³/mol. The molecule has 2 fully saturated rings. The van der Waals surface area contributed by atoms with Crippen LogP contribution in [0.15, 0.2) is 78.9 Å². The van der Waals surface area contributed by atoms with Crippen LogP contribution in [0.1, 0.15) is 41.4 Å². The van der Waals surface area contributed by atoms with E-state index >= 15 is 0 Å². The number of carbonyl (C=O) groups is 2. The molecule has 2 heterocycles. The van der Waals surface area contributed by atoms with E-state index in [-0.39, 0.29) is 24.0 Å². The van der Waals surface area contributed by atoms with Crippen molar-refractivity contribution in [3.05, 3.63) is 95.6 Å². The standard InChI is InChI=1S/C32H40N6O2/c1-24(2)34-32(40)35-28-23-27(31(39)38-17-15-33-16-18-38)13-14-29(28)36-19-21-37(22-20-36)30(25-9-5-3-6-10-25)26-11-7-4-8-12-26/h3-14,23-24,30,33H,15-22H2,1-2H3,(H2,34,35,40). The second-order valence-corrected chi connectivity index (χ2v) is 10.8. The first-order chi connectivity index (χ1) is 19.5. The van der Waals surface area contributed by atoms with E-state index in [4.69, 9.17) is 0 Å². The summed E-state index contributed by atoms with van der Waals surface area (Å²) in [7, 11) is 0. The molecule has 0 bridgehead atoms. The number of hydrogen-bond acceptors (Lipinski definition) is 5. The Labute approximate surface area is 237 Å². The quantitative estimate of drug-likeness (QED) is 0.419. The summed E-state index contributed by atoms with van der Waals surface area (Å²) < 4.78 is 0. The fraction of sp³-hybridized carbons (Fsp3) is 0.375. The third-order valence-corrected chi connectivity index (χ3v) is 7.57. The molecule has 3 aromatic rings. The van der Waals surface area contributed by atoms with Gasteiger partial charge in [-0.3, -0.25) is 9.69 Å². The molecule has 40 heavy (non-hydrogen) atoms. The molecule has 3 amide bonds. The largest absolute Gasteiger partial charge is 0.367 e. The Morgan fingerprint density at radius 1 is 0.775 bits per heavy atom. The van der Waals surface area contributed by atoms with Crippen LogP contribution in [0.25, 0.3) is 0 Å². The molecule has 3 N–H and O–H groups in total. The van der Waals surface area contributed by atoms with Crippen molar-refractivity contribution in [1.29, 1.82) is 0 Å². The summed E-state index contributed by atoms with van der Waals surface area (Å²) in [6.45, 7) is 10.2. The zero-order valence-electron chi connectivity index (χ0n) is 23.5. The van der Waals surface area contributed by atoms with E-state index < -0.39 is 0 Å². The Kier molecular flexibility index (Phi) is 8.98. The van der Waals surface area contributed by atoms with Crippen LogP contribution >= 0.6 is 0 Å². The molecule has 8 nitrogen and oxygen atoms in total.